The van der Waals surface area contributed by atoms with E-state index in [0.717, 1.165) is 6.42 Å². The molecule has 0 radical (unpaired) electrons. The van der Waals surface area contributed by atoms with E-state index in [9.17, 15) is 13.2 Å². The van der Waals surface area contributed by atoms with Crippen LogP contribution in [0.3, 0.4) is 0 Å². The van der Waals surface area contributed by atoms with Crippen molar-refractivity contribution in [3.05, 3.63) is 29.8 Å². The molecule has 1 rings (SSSR count). The Balaban J connectivity index is 3.21. The van der Waals surface area contributed by atoms with Gasteiger partial charge in [-0.25, -0.2) is 3.63 Å². The van der Waals surface area contributed by atoms with Gasteiger partial charge in [-0.3, -0.25) is 4.79 Å². The second kappa shape index (κ2) is 7.36. The predicted molar refractivity (Wildman–Crippen MR) is 97.5 cm³/mol. The minimum atomic E-state index is -3.91. The van der Waals surface area contributed by atoms with Crippen LogP contribution in [0.25, 0.3) is 0 Å². The number of aryl methyl sites for hydroxylation is 1. The molecule has 0 N–H and O–H groups in total. The number of benzene rings is 1. The highest BCUT2D eigenvalue weighted by Gasteiger charge is 2.40. The number of ketones is 1. The second-order valence-corrected chi connectivity index (χ2v) is 12.3. The number of hydrogen-bond acceptors (Lipinski definition) is 4. The van der Waals surface area contributed by atoms with E-state index in [-0.39, 0.29) is 16.4 Å². The van der Waals surface area contributed by atoms with Crippen LogP contribution < -0.4 is 0 Å². The molecule has 23 heavy (non-hydrogen) atoms. The zero-order chi connectivity index (χ0) is 17.9. The van der Waals surface area contributed by atoms with Crippen molar-refractivity contribution < 1.29 is 16.8 Å². The first kappa shape index (κ1) is 20.2. The van der Waals surface area contributed by atoms with Gasteiger partial charge in [0.2, 0.25) is 0 Å². The van der Waals surface area contributed by atoms with Crippen molar-refractivity contribution >= 4 is 26.2 Å². The Kier molecular flexibility index (Phi) is 6.47. The summed E-state index contributed by atoms with van der Waals surface area (Å²) in [6, 6.07) is 6.74. The first-order valence-electron chi connectivity index (χ1n) is 7.72. The molecule has 0 fully saturated rings. The normalized spacial score (nSPS) is 16.6. The maximum Gasteiger partial charge on any atom is 0.306 e. The fourth-order valence-electron chi connectivity index (χ4n) is 2.07. The molecular weight excluding hydrogens is 332 g/mol. The summed E-state index contributed by atoms with van der Waals surface area (Å²) in [7, 11) is -6.04. The number of rotatable bonds is 7. The molecule has 0 heterocycles. The van der Waals surface area contributed by atoms with E-state index in [4.69, 9.17) is 3.63 Å². The van der Waals surface area contributed by atoms with E-state index < -0.39 is 25.2 Å². The van der Waals surface area contributed by atoms with Gasteiger partial charge in [-0.2, -0.15) is 8.42 Å². The summed E-state index contributed by atoms with van der Waals surface area (Å²) in [4.78, 5) is 12.3. The van der Waals surface area contributed by atoms with Crippen molar-refractivity contribution in [2.75, 3.05) is 12.0 Å². The Morgan fingerprint density at radius 3 is 2.22 bits per heavy atom. The smallest absolute Gasteiger partial charge is 0.299 e. The molecule has 0 aliphatic rings. The molecule has 0 spiro atoms. The van der Waals surface area contributed by atoms with Crippen LogP contribution in [0.1, 0.15) is 46.1 Å². The van der Waals surface area contributed by atoms with Crippen molar-refractivity contribution in [1.82, 2.24) is 0 Å². The van der Waals surface area contributed by atoms with E-state index >= 15 is 0 Å². The van der Waals surface area contributed by atoms with Gasteiger partial charge in [-0.1, -0.05) is 45.9 Å². The third kappa shape index (κ3) is 5.06. The van der Waals surface area contributed by atoms with Crippen LogP contribution in [0.15, 0.2) is 29.2 Å². The standard InChI is InChI=1S/C17H28O4S2/c1-7-10-15(18)13-22(6,17(3,4)5)21-23(19,20)16-12-9-8-11-14(16)2/h8-9,11-12H,7,10,13H2,1-6H3. The highest BCUT2D eigenvalue weighted by molar-refractivity contribution is 8.33. The van der Waals surface area contributed by atoms with Crippen LogP contribution in [0, 0.1) is 6.92 Å². The number of Topliss-reactive ketones (excluding diaryl/α,β-unsaturated/α-hetero) is 1. The quantitative estimate of drug-likeness (QED) is 0.730. The van der Waals surface area contributed by atoms with Gasteiger partial charge in [0.15, 0.2) is 0 Å². The molecule has 1 unspecified atom stereocenters. The molecule has 1 aromatic rings. The van der Waals surface area contributed by atoms with E-state index in [1.54, 1.807) is 37.4 Å². The molecule has 4 nitrogen and oxygen atoms in total. The first-order chi connectivity index (χ1) is 10.4. The summed E-state index contributed by atoms with van der Waals surface area (Å²) in [6.07, 6.45) is 2.99. The van der Waals surface area contributed by atoms with Crippen molar-refractivity contribution in [2.45, 2.75) is 57.1 Å². The summed E-state index contributed by atoms with van der Waals surface area (Å²) < 4.78 is 30.8. The van der Waals surface area contributed by atoms with Gasteiger partial charge in [0.25, 0.3) is 0 Å². The van der Waals surface area contributed by atoms with Crippen LogP contribution in [-0.2, 0) is 18.5 Å². The minimum Gasteiger partial charge on any atom is -0.299 e. The zero-order valence-corrected chi connectivity index (χ0v) is 16.5. The van der Waals surface area contributed by atoms with E-state index in [1.165, 1.54) is 0 Å². The van der Waals surface area contributed by atoms with Gasteiger partial charge >= 0.3 is 10.1 Å². The average molecular weight is 361 g/mol. The van der Waals surface area contributed by atoms with Gasteiger partial charge in [0.05, 0.1) is 10.6 Å². The number of hydrogen-bond donors (Lipinski definition) is 0. The highest BCUT2D eigenvalue weighted by atomic mass is 32.3. The van der Waals surface area contributed by atoms with Gasteiger partial charge in [-0.05, 0) is 31.2 Å². The van der Waals surface area contributed by atoms with Crippen LogP contribution in [-0.4, -0.2) is 31.0 Å². The third-order valence-corrected chi connectivity index (χ3v) is 10.2. The summed E-state index contributed by atoms with van der Waals surface area (Å²) in [6.45, 7) is 9.45. The van der Waals surface area contributed by atoms with Crippen LogP contribution in [0.2, 0.25) is 0 Å². The third-order valence-electron chi connectivity index (χ3n) is 3.86. The minimum absolute atomic E-state index is 0.0555. The highest BCUT2D eigenvalue weighted by Crippen LogP contribution is 2.58. The lowest BCUT2D eigenvalue weighted by molar-refractivity contribution is -0.116. The van der Waals surface area contributed by atoms with E-state index in [2.05, 4.69) is 0 Å². The Morgan fingerprint density at radius 1 is 1.17 bits per heavy atom. The average Bonchev–Trinajstić information content (AvgIpc) is 2.36. The van der Waals surface area contributed by atoms with Crippen molar-refractivity contribution in [3.8, 4) is 0 Å². The van der Waals surface area contributed by atoms with Crippen LogP contribution in [0.4, 0.5) is 0 Å². The van der Waals surface area contributed by atoms with E-state index in [1.807, 2.05) is 27.7 Å². The Hall–Kier alpha value is -0.850. The van der Waals surface area contributed by atoms with Gasteiger partial charge in [0.1, 0.15) is 5.78 Å². The molecule has 0 bridgehead atoms. The molecule has 0 aliphatic carbocycles. The maximum absolute atomic E-state index is 12.7. The largest absolute Gasteiger partial charge is 0.306 e. The van der Waals surface area contributed by atoms with Crippen LogP contribution in [0.5, 0.6) is 0 Å². The maximum atomic E-state index is 12.7. The Labute approximate surface area is 142 Å². The van der Waals surface area contributed by atoms with Crippen LogP contribution >= 0.6 is 10.3 Å². The lowest BCUT2D eigenvalue weighted by atomic mass is 10.2. The van der Waals surface area contributed by atoms with Gasteiger partial charge in [-0.15, -0.1) is 10.3 Å². The van der Waals surface area contributed by atoms with Crippen molar-refractivity contribution in [2.24, 2.45) is 0 Å². The summed E-state index contributed by atoms with van der Waals surface area (Å²) >= 11 is 0. The van der Waals surface area contributed by atoms with Gasteiger partial charge < -0.3 is 0 Å². The number of carbonyl (C=O) groups is 1. The van der Waals surface area contributed by atoms with Gasteiger partial charge in [0, 0.05) is 11.2 Å². The summed E-state index contributed by atoms with van der Waals surface area (Å²) in [5, 5.41) is 0. The number of carbonyl (C=O) groups excluding carboxylic acids is 1. The SMILES string of the molecule is CCCC(=O)CS(C)(OS(=O)(=O)c1ccccc1C)C(C)(C)C. The van der Waals surface area contributed by atoms with E-state index in [0.29, 0.717) is 12.0 Å². The molecule has 6 heteroatoms. The fourth-order valence-corrected chi connectivity index (χ4v) is 6.86. The monoisotopic (exact) mass is 360 g/mol. The molecule has 0 aliphatic heterocycles. The molecule has 1 aromatic carbocycles. The lowest BCUT2D eigenvalue weighted by Crippen LogP contribution is -2.33. The molecule has 1 atom stereocenters. The van der Waals surface area contributed by atoms with Crippen molar-refractivity contribution in [1.29, 1.82) is 0 Å². The molecule has 0 amide bonds. The topological polar surface area (TPSA) is 60.4 Å². The van der Waals surface area contributed by atoms with Crippen molar-refractivity contribution in [3.63, 3.8) is 0 Å². The molecule has 0 saturated heterocycles. The summed E-state index contributed by atoms with van der Waals surface area (Å²) in [5.74, 6) is 0.218. The Morgan fingerprint density at radius 2 is 1.74 bits per heavy atom. The zero-order valence-electron chi connectivity index (χ0n) is 14.9. The first-order valence-corrected chi connectivity index (χ1v) is 11.3. The summed E-state index contributed by atoms with van der Waals surface area (Å²) in [5.41, 5.74) is 0.642. The molecule has 0 aromatic heterocycles. The Bertz CT molecular complexity index is 659. The fraction of sp³-hybridized carbons (Fsp3) is 0.588. The predicted octanol–water partition coefficient (Wildman–Crippen LogP) is 4.22. The molecule has 132 valence electrons. The molecule has 0 saturated carbocycles. The molecular formula is C17H28O4S2. The second-order valence-electron chi connectivity index (χ2n) is 6.84. The lowest BCUT2D eigenvalue weighted by Gasteiger charge is -2.45.